The molecule has 0 atom stereocenters. The molecule has 0 aromatic carbocycles. The summed E-state index contributed by atoms with van der Waals surface area (Å²) in [7, 11) is 4.19. The Morgan fingerprint density at radius 3 is 2.73 bits per heavy atom. The lowest BCUT2D eigenvalue weighted by Crippen LogP contribution is -2.15. The summed E-state index contributed by atoms with van der Waals surface area (Å²) in [5, 5.41) is 0. The van der Waals surface area contributed by atoms with E-state index in [1.54, 1.807) is 0 Å². The van der Waals surface area contributed by atoms with Gasteiger partial charge < -0.3 is 14.2 Å². The average Bonchev–Trinajstić information content (AvgIpc) is 2.77. The van der Waals surface area contributed by atoms with E-state index in [4.69, 9.17) is 9.72 Å². The summed E-state index contributed by atoms with van der Waals surface area (Å²) in [5.41, 5.74) is 1.94. The Hall–Kier alpha value is -0.880. The van der Waals surface area contributed by atoms with E-state index in [0.29, 0.717) is 6.61 Å². The van der Waals surface area contributed by atoms with E-state index in [0.717, 1.165) is 49.5 Å². The zero-order valence-corrected chi connectivity index (χ0v) is 15.1. The largest absolute Gasteiger partial charge is 0.380 e. The lowest BCUT2D eigenvalue weighted by atomic mass is 10.3. The van der Waals surface area contributed by atoms with Crippen LogP contribution in [-0.2, 0) is 17.7 Å². The Bertz CT molecular complexity index is 545. The maximum absolute atomic E-state index is 5.47. The third kappa shape index (κ3) is 5.72. The van der Waals surface area contributed by atoms with E-state index >= 15 is 0 Å². The highest BCUT2D eigenvalue weighted by Crippen LogP contribution is 2.15. The molecule has 7 heteroatoms. The number of halogens is 2. The van der Waals surface area contributed by atoms with Gasteiger partial charge in [-0.2, -0.15) is 0 Å². The summed E-state index contributed by atoms with van der Waals surface area (Å²) >= 11 is 0. The first kappa shape index (κ1) is 21.1. The molecule has 2 heterocycles. The van der Waals surface area contributed by atoms with Crippen LogP contribution < -0.4 is 0 Å². The summed E-state index contributed by atoms with van der Waals surface area (Å²) in [6.07, 6.45) is 3.90. The van der Waals surface area contributed by atoms with Gasteiger partial charge in [-0.1, -0.05) is 0 Å². The number of aryl methyl sites for hydroxylation is 1. The van der Waals surface area contributed by atoms with Gasteiger partial charge in [0.05, 0.1) is 6.61 Å². The summed E-state index contributed by atoms with van der Waals surface area (Å²) in [6.45, 7) is 5.36. The second kappa shape index (κ2) is 10.8. The van der Waals surface area contributed by atoms with Crippen LogP contribution in [0.4, 0.5) is 0 Å². The van der Waals surface area contributed by atoms with E-state index in [-0.39, 0.29) is 24.8 Å². The van der Waals surface area contributed by atoms with Crippen molar-refractivity contribution in [2.75, 3.05) is 33.9 Å². The molecular formula is C15H26Cl2N4O. The maximum Gasteiger partial charge on any atom is 0.160 e. The summed E-state index contributed by atoms with van der Waals surface area (Å²) in [4.78, 5) is 11.4. The first-order valence-electron chi connectivity index (χ1n) is 7.25. The van der Waals surface area contributed by atoms with Crippen LogP contribution in [0.1, 0.15) is 19.2 Å². The monoisotopic (exact) mass is 348 g/mol. The first-order valence-corrected chi connectivity index (χ1v) is 7.25. The lowest BCUT2D eigenvalue weighted by molar-refractivity contribution is 0.139. The van der Waals surface area contributed by atoms with Crippen LogP contribution >= 0.6 is 24.8 Å². The number of hydrogen-bond acceptors (Lipinski definition) is 4. The van der Waals surface area contributed by atoms with Gasteiger partial charge in [0, 0.05) is 25.8 Å². The molecule has 0 amide bonds. The Balaban J connectivity index is 0.00000220. The molecule has 0 saturated heterocycles. The fraction of sp³-hybridized carbons (Fsp3) is 0.600. The molecule has 2 aromatic heterocycles. The first-order chi connectivity index (χ1) is 9.72. The van der Waals surface area contributed by atoms with Gasteiger partial charge in [0.15, 0.2) is 5.65 Å². The quantitative estimate of drug-likeness (QED) is 0.688. The van der Waals surface area contributed by atoms with Crippen molar-refractivity contribution in [2.24, 2.45) is 0 Å². The van der Waals surface area contributed by atoms with Crippen molar-refractivity contribution in [1.29, 1.82) is 0 Å². The normalized spacial score (nSPS) is 10.5. The summed E-state index contributed by atoms with van der Waals surface area (Å²) in [5.74, 6) is 1.11. The molecule has 22 heavy (non-hydrogen) atoms. The Labute approximate surface area is 144 Å². The number of pyridine rings is 1. The van der Waals surface area contributed by atoms with Crippen LogP contribution in [0, 0.1) is 0 Å². The minimum absolute atomic E-state index is 0. The molecule has 0 fully saturated rings. The van der Waals surface area contributed by atoms with Crippen LogP contribution in [-0.4, -0.2) is 53.3 Å². The standard InChI is InChI=1S/C15H24N4O.2ClH/c1-4-20-12-11-19-14(8-6-10-18(2)3)17-13-7-5-9-16-15(13)19;;/h5,7,9H,4,6,8,10-12H2,1-3H3;2*1H. The Morgan fingerprint density at radius 1 is 1.27 bits per heavy atom. The smallest absolute Gasteiger partial charge is 0.160 e. The van der Waals surface area contributed by atoms with Gasteiger partial charge in [-0.15, -0.1) is 24.8 Å². The third-order valence-corrected chi connectivity index (χ3v) is 3.25. The number of hydrogen-bond donors (Lipinski definition) is 0. The molecule has 5 nitrogen and oxygen atoms in total. The van der Waals surface area contributed by atoms with Crippen molar-refractivity contribution in [3.05, 3.63) is 24.2 Å². The van der Waals surface area contributed by atoms with Gasteiger partial charge in [0.1, 0.15) is 11.3 Å². The molecule has 2 aromatic rings. The van der Waals surface area contributed by atoms with Gasteiger partial charge in [-0.3, -0.25) is 0 Å². The van der Waals surface area contributed by atoms with Crippen molar-refractivity contribution in [3.8, 4) is 0 Å². The molecular weight excluding hydrogens is 323 g/mol. The van der Waals surface area contributed by atoms with Gasteiger partial charge >= 0.3 is 0 Å². The SMILES string of the molecule is CCOCCn1c(CCCN(C)C)nc2cccnc21.Cl.Cl. The van der Waals surface area contributed by atoms with Gasteiger partial charge in [-0.05, 0) is 46.1 Å². The zero-order valence-electron chi connectivity index (χ0n) is 13.5. The highest BCUT2D eigenvalue weighted by molar-refractivity contribution is 5.85. The Morgan fingerprint density at radius 2 is 2.05 bits per heavy atom. The van der Waals surface area contributed by atoms with Gasteiger partial charge in [-0.25, -0.2) is 9.97 Å². The average molecular weight is 349 g/mol. The minimum Gasteiger partial charge on any atom is -0.380 e. The lowest BCUT2D eigenvalue weighted by Gasteiger charge is -2.11. The van der Waals surface area contributed by atoms with Crippen LogP contribution in [0.25, 0.3) is 11.2 Å². The van der Waals surface area contributed by atoms with E-state index < -0.39 is 0 Å². The van der Waals surface area contributed by atoms with Crippen LogP contribution in [0.5, 0.6) is 0 Å². The number of ether oxygens (including phenoxy) is 1. The van der Waals surface area contributed by atoms with Crippen LogP contribution in [0.2, 0.25) is 0 Å². The highest BCUT2D eigenvalue weighted by atomic mass is 35.5. The molecule has 0 N–H and O–H groups in total. The molecule has 2 rings (SSSR count). The molecule has 126 valence electrons. The number of imidazole rings is 1. The fourth-order valence-corrected chi connectivity index (χ4v) is 2.28. The molecule has 0 unspecified atom stereocenters. The van der Waals surface area contributed by atoms with Crippen molar-refractivity contribution >= 4 is 36.0 Å². The molecule has 0 saturated carbocycles. The maximum atomic E-state index is 5.47. The molecule has 0 aliphatic heterocycles. The number of rotatable bonds is 8. The summed E-state index contributed by atoms with van der Waals surface area (Å²) < 4.78 is 7.66. The van der Waals surface area contributed by atoms with E-state index in [9.17, 15) is 0 Å². The van der Waals surface area contributed by atoms with E-state index in [1.165, 1.54) is 0 Å². The second-order valence-electron chi connectivity index (χ2n) is 5.13. The molecule has 0 radical (unpaired) electrons. The number of fused-ring (bicyclic) bond motifs is 1. The number of aromatic nitrogens is 3. The van der Waals surface area contributed by atoms with E-state index in [1.807, 2.05) is 25.3 Å². The van der Waals surface area contributed by atoms with Crippen molar-refractivity contribution in [1.82, 2.24) is 19.4 Å². The van der Waals surface area contributed by atoms with Gasteiger partial charge in [0.2, 0.25) is 0 Å². The predicted octanol–water partition coefficient (Wildman–Crippen LogP) is 2.81. The summed E-state index contributed by atoms with van der Waals surface area (Å²) in [6, 6.07) is 3.96. The molecule has 0 aliphatic carbocycles. The van der Waals surface area contributed by atoms with Crippen molar-refractivity contribution in [2.45, 2.75) is 26.3 Å². The zero-order chi connectivity index (χ0) is 14.4. The third-order valence-electron chi connectivity index (χ3n) is 3.25. The topological polar surface area (TPSA) is 43.2 Å². The van der Waals surface area contributed by atoms with Gasteiger partial charge in [0.25, 0.3) is 0 Å². The minimum atomic E-state index is 0. The fourth-order valence-electron chi connectivity index (χ4n) is 2.28. The van der Waals surface area contributed by atoms with Crippen molar-refractivity contribution in [3.63, 3.8) is 0 Å². The number of nitrogens with zero attached hydrogens (tertiary/aromatic N) is 4. The highest BCUT2D eigenvalue weighted by Gasteiger charge is 2.11. The Kier molecular flexibility index (Phi) is 10.3. The van der Waals surface area contributed by atoms with Crippen LogP contribution in [0.15, 0.2) is 18.3 Å². The molecule has 0 spiro atoms. The molecule has 0 bridgehead atoms. The van der Waals surface area contributed by atoms with Crippen LogP contribution in [0.3, 0.4) is 0 Å². The predicted molar refractivity (Wildman–Crippen MR) is 95.4 cm³/mol. The van der Waals surface area contributed by atoms with E-state index in [2.05, 4.69) is 28.5 Å². The second-order valence-corrected chi connectivity index (χ2v) is 5.13. The van der Waals surface area contributed by atoms with Crippen molar-refractivity contribution < 1.29 is 4.74 Å². The molecule has 0 aliphatic rings.